The van der Waals surface area contributed by atoms with Gasteiger partial charge in [-0.3, -0.25) is 9.69 Å². The van der Waals surface area contributed by atoms with E-state index in [0.29, 0.717) is 25.2 Å². The van der Waals surface area contributed by atoms with Gasteiger partial charge in [-0.15, -0.1) is 0 Å². The van der Waals surface area contributed by atoms with Gasteiger partial charge in [0.15, 0.2) is 0 Å². The quantitative estimate of drug-likeness (QED) is 0.731. The molecule has 3 unspecified atom stereocenters. The molecular formula is C12H23N3O2. The Morgan fingerprint density at radius 3 is 2.47 bits per heavy atom. The molecule has 5 heteroatoms. The predicted octanol–water partition coefficient (Wildman–Crippen LogP) is -0.345. The number of hydrogen-bond acceptors (Lipinski definition) is 4. The van der Waals surface area contributed by atoms with Crippen LogP contribution >= 0.6 is 0 Å². The molecule has 2 bridgehead atoms. The molecule has 17 heavy (non-hydrogen) atoms. The van der Waals surface area contributed by atoms with Gasteiger partial charge in [-0.25, -0.2) is 0 Å². The van der Waals surface area contributed by atoms with Crippen LogP contribution in [-0.4, -0.2) is 67.7 Å². The Balaban J connectivity index is 1.92. The van der Waals surface area contributed by atoms with Crippen LogP contribution in [0, 0.1) is 0 Å². The zero-order chi connectivity index (χ0) is 12.4. The molecule has 0 aromatic carbocycles. The summed E-state index contributed by atoms with van der Waals surface area (Å²) in [5.41, 5.74) is 5.81. The molecule has 2 aliphatic heterocycles. The van der Waals surface area contributed by atoms with Gasteiger partial charge in [-0.2, -0.15) is 0 Å². The van der Waals surface area contributed by atoms with E-state index in [1.165, 1.54) is 0 Å². The second kappa shape index (κ2) is 5.33. The fourth-order valence-corrected chi connectivity index (χ4v) is 2.69. The number of fused-ring (bicyclic) bond motifs is 2. The first kappa shape index (κ1) is 12.8. The number of morpholine rings is 1. The first-order chi connectivity index (χ1) is 8.10. The van der Waals surface area contributed by atoms with Gasteiger partial charge in [-0.1, -0.05) is 0 Å². The Hall–Kier alpha value is -0.650. The lowest BCUT2D eigenvalue weighted by Crippen LogP contribution is -2.51. The van der Waals surface area contributed by atoms with Crippen molar-refractivity contribution in [1.29, 1.82) is 0 Å². The largest absolute Gasteiger partial charge is 0.372 e. The third-order valence-electron chi connectivity index (χ3n) is 3.77. The highest BCUT2D eigenvalue weighted by molar-refractivity contribution is 5.76. The third-order valence-corrected chi connectivity index (χ3v) is 3.77. The zero-order valence-electron chi connectivity index (χ0n) is 10.8. The van der Waals surface area contributed by atoms with Crippen LogP contribution in [0.25, 0.3) is 0 Å². The van der Waals surface area contributed by atoms with Gasteiger partial charge in [0, 0.05) is 46.2 Å². The molecule has 2 rings (SSSR count). The first-order valence-corrected chi connectivity index (χ1v) is 6.40. The molecule has 2 saturated heterocycles. The Bertz CT molecular complexity index is 271. The summed E-state index contributed by atoms with van der Waals surface area (Å²) in [5.74, 6) is 0.152. The lowest BCUT2D eigenvalue weighted by molar-refractivity contribution is -0.131. The van der Waals surface area contributed by atoms with Crippen molar-refractivity contribution in [3.05, 3.63) is 0 Å². The minimum atomic E-state index is 0.152. The molecule has 5 nitrogen and oxygen atoms in total. The number of likely N-dealkylation sites (tertiary alicyclic amines) is 1. The zero-order valence-corrected chi connectivity index (χ0v) is 10.8. The molecule has 0 aromatic heterocycles. The minimum absolute atomic E-state index is 0.152. The summed E-state index contributed by atoms with van der Waals surface area (Å²) < 4.78 is 5.80. The van der Waals surface area contributed by atoms with Crippen molar-refractivity contribution < 1.29 is 9.53 Å². The van der Waals surface area contributed by atoms with Crippen molar-refractivity contribution in [2.45, 2.75) is 37.5 Å². The average Bonchev–Trinajstić information content (AvgIpc) is 2.64. The lowest BCUT2D eigenvalue weighted by Gasteiger charge is -2.37. The maximum Gasteiger partial charge on any atom is 0.223 e. The van der Waals surface area contributed by atoms with E-state index in [0.717, 1.165) is 25.9 Å². The number of carbonyl (C=O) groups is 1. The Morgan fingerprint density at radius 2 is 2.00 bits per heavy atom. The van der Waals surface area contributed by atoms with Crippen molar-refractivity contribution in [1.82, 2.24) is 9.80 Å². The summed E-state index contributed by atoms with van der Waals surface area (Å²) in [7, 11) is 3.58. The molecule has 0 saturated carbocycles. The van der Waals surface area contributed by atoms with E-state index in [2.05, 4.69) is 4.90 Å². The minimum Gasteiger partial charge on any atom is -0.372 e. The lowest BCUT2D eigenvalue weighted by atomic mass is 10.1. The van der Waals surface area contributed by atoms with Crippen molar-refractivity contribution >= 4 is 5.91 Å². The van der Waals surface area contributed by atoms with Crippen LogP contribution in [-0.2, 0) is 9.53 Å². The Morgan fingerprint density at radius 1 is 1.41 bits per heavy atom. The predicted molar refractivity (Wildman–Crippen MR) is 65.6 cm³/mol. The van der Waals surface area contributed by atoms with E-state index in [1.807, 2.05) is 0 Å². The number of rotatable bonds is 4. The van der Waals surface area contributed by atoms with Crippen molar-refractivity contribution in [2.24, 2.45) is 5.73 Å². The fourth-order valence-electron chi connectivity index (χ4n) is 2.69. The second-order valence-corrected chi connectivity index (χ2v) is 5.29. The number of amides is 1. The van der Waals surface area contributed by atoms with Gasteiger partial charge in [0.1, 0.15) is 0 Å². The maximum atomic E-state index is 11.7. The Labute approximate surface area is 103 Å². The second-order valence-electron chi connectivity index (χ2n) is 5.29. The van der Waals surface area contributed by atoms with E-state index in [1.54, 1.807) is 19.0 Å². The fraction of sp³-hybridized carbons (Fsp3) is 0.917. The highest BCUT2D eigenvalue weighted by atomic mass is 16.5. The number of nitrogens with two attached hydrogens (primary N) is 1. The summed E-state index contributed by atoms with van der Waals surface area (Å²) in [6, 6.07) is 0.164. The molecule has 2 heterocycles. The van der Waals surface area contributed by atoms with Crippen LogP contribution in [0.3, 0.4) is 0 Å². The Kier molecular flexibility index (Phi) is 4.01. The van der Waals surface area contributed by atoms with E-state index in [-0.39, 0.29) is 11.9 Å². The number of hydrogen-bond donors (Lipinski definition) is 1. The normalized spacial score (nSPS) is 30.3. The monoisotopic (exact) mass is 241 g/mol. The molecule has 0 aromatic rings. The number of ether oxygens (including phenoxy) is 1. The summed E-state index contributed by atoms with van der Waals surface area (Å²) in [6.45, 7) is 2.40. The van der Waals surface area contributed by atoms with E-state index in [4.69, 9.17) is 10.5 Å². The SMILES string of the molecule is CN(C)C(=O)CC(CN)N1CC2CCC(C1)O2. The molecule has 2 fully saturated rings. The van der Waals surface area contributed by atoms with Gasteiger partial charge in [0.2, 0.25) is 5.91 Å². The molecule has 0 radical (unpaired) electrons. The summed E-state index contributed by atoms with van der Waals surface area (Å²) in [4.78, 5) is 15.7. The average molecular weight is 241 g/mol. The molecule has 0 spiro atoms. The standard InChI is InChI=1S/C12H23N3O2/c1-14(2)12(16)5-9(6-13)15-7-10-3-4-11(8-15)17-10/h9-11H,3-8,13H2,1-2H3. The van der Waals surface area contributed by atoms with Gasteiger partial charge >= 0.3 is 0 Å². The van der Waals surface area contributed by atoms with Crippen LogP contribution in [0.4, 0.5) is 0 Å². The van der Waals surface area contributed by atoms with E-state index < -0.39 is 0 Å². The summed E-state index contributed by atoms with van der Waals surface area (Å²) in [6.07, 6.45) is 3.54. The van der Waals surface area contributed by atoms with E-state index >= 15 is 0 Å². The highest BCUT2D eigenvalue weighted by Gasteiger charge is 2.36. The van der Waals surface area contributed by atoms with Crippen molar-refractivity contribution in [3.63, 3.8) is 0 Å². The van der Waals surface area contributed by atoms with Crippen LogP contribution < -0.4 is 5.73 Å². The van der Waals surface area contributed by atoms with Gasteiger partial charge < -0.3 is 15.4 Å². The smallest absolute Gasteiger partial charge is 0.223 e. The van der Waals surface area contributed by atoms with Gasteiger partial charge in [-0.05, 0) is 12.8 Å². The van der Waals surface area contributed by atoms with Crippen LogP contribution in [0.1, 0.15) is 19.3 Å². The molecule has 3 atom stereocenters. The molecule has 1 amide bonds. The highest BCUT2D eigenvalue weighted by Crippen LogP contribution is 2.27. The molecule has 0 aliphatic carbocycles. The topological polar surface area (TPSA) is 58.8 Å². The number of nitrogens with zero attached hydrogens (tertiary/aromatic N) is 2. The first-order valence-electron chi connectivity index (χ1n) is 6.40. The van der Waals surface area contributed by atoms with Crippen LogP contribution in [0.5, 0.6) is 0 Å². The number of carbonyl (C=O) groups excluding carboxylic acids is 1. The van der Waals surface area contributed by atoms with Crippen LogP contribution in [0.15, 0.2) is 0 Å². The van der Waals surface area contributed by atoms with E-state index in [9.17, 15) is 4.79 Å². The van der Waals surface area contributed by atoms with Gasteiger partial charge in [0.05, 0.1) is 12.2 Å². The summed E-state index contributed by atoms with van der Waals surface area (Å²) in [5, 5.41) is 0. The summed E-state index contributed by atoms with van der Waals surface area (Å²) >= 11 is 0. The van der Waals surface area contributed by atoms with Crippen LogP contribution in [0.2, 0.25) is 0 Å². The van der Waals surface area contributed by atoms with Crippen molar-refractivity contribution in [2.75, 3.05) is 33.7 Å². The van der Waals surface area contributed by atoms with Gasteiger partial charge in [0.25, 0.3) is 0 Å². The molecule has 2 aliphatic rings. The molecule has 98 valence electrons. The van der Waals surface area contributed by atoms with Crippen molar-refractivity contribution in [3.8, 4) is 0 Å². The molecule has 2 N–H and O–H groups in total. The maximum absolute atomic E-state index is 11.7. The molecular weight excluding hydrogens is 218 g/mol. The third kappa shape index (κ3) is 2.97.